The second-order valence-electron chi connectivity index (χ2n) is 4.66. The van der Waals surface area contributed by atoms with Crippen LogP contribution in [0.1, 0.15) is 31.7 Å². The zero-order valence-electron chi connectivity index (χ0n) is 12.0. The molecule has 1 aromatic rings. The maximum Gasteiger partial charge on any atom is 0.0877 e. The van der Waals surface area contributed by atoms with Gasteiger partial charge in [0.1, 0.15) is 0 Å². The van der Waals surface area contributed by atoms with Crippen LogP contribution in [0.25, 0.3) is 0 Å². The minimum atomic E-state index is 0.293. The standard InChI is InChI=1S/C16H21N3S/c1-2-3-4-13-20-16-7-5-15(6-8-16)14-19(11-9-17)12-10-18/h5-8H,2-4,11-14H2,1H3. The van der Waals surface area contributed by atoms with E-state index in [2.05, 4.69) is 43.3 Å². The van der Waals surface area contributed by atoms with E-state index < -0.39 is 0 Å². The van der Waals surface area contributed by atoms with Crippen LogP contribution in [0.3, 0.4) is 0 Å². The molecule has 0 bridgehead atoms. The lowest BCUT2D eigenvalue weighted by atomic mass is 10.2. The second-order valence-corrected chi connectivity index (χ2v) is 5.83. The Morgan fingerprint density at radius 2 is 1.70 bits per heavy atom. The summed E-state index contributed by atoms with van der Waals surface area (Å²) in [5.74, 6) is 1.17. The Hall–Kier alpha value is -1.49. The largest absolute Gasteiger partial charge is 0.273 e. The fourth-order valence-electron chi connectivity index (χ4n) is 1.86. The van der Waals surface area contributed by atoms with Crippen LogP contribution >= 0.6 is 11.8 Å². The number of rotatable bonds is 9. The summed E-state index contributed by atoms with van der Waals surface area (Å²) in [5, 5.41) is 17.4. The molecule has 0 saturated carbocycles. The number of thioether (sulfide) groups is 1. The zero-order valence-corrected chi connectivity index (χ0v) is 12.8. The van der Waals surface area contributed by atoms with E-state index in [4.69, 9.17) is 10.5 Å². The zero-order chi connectivity index (χ0) is 14.6. The summed E-state index contributed by atoms with van der Waals surface area (Å²) in [4.78, 5) is 3.13. The quantitative estimate of drug-likeness (QED) is 0.393. The lowest BCUT2D eigenvalue weighted by Crippen LogP contribution is -2.23. The van der Waals surface area contributed by atoms with Crippen LogP contribution in [0, 0.1) is 22.7 Å². The van der Waals surface area contributed by atoms with Gasteiger partial charge in [-0.3, -0.25) is 4.90 Å². The Balaban J connectivity index is 2.45. The van der Waals surface area contributed by atoms with Crippen molar-refractivity contribution >= 4 is 11.8 Å². The molecule has 0 spiro atoms. The first-order valence-corrected chi connectivity index (χ1v) is 7.96. The van der Waals surface area contributed by atoms with E-state index in [-0.39, 0.29) is 0 Å². The highest BCUT2D eigenvalue weighted by molar-refractivity contribution is 7.99. The Labute approximate surface area is 126 Å². The van der Waals surface area contributed by atoms with Crippen LogP contribution in [-0.2, 0) is 6.54 Å². The van der Waals surface area contributed by atoms with E-state index in [0.717, 1.165) is 5.56 Å². The molecule has 0 N–H and O–H groups in total. The molecule has 0 aliphatic heterocycles. The monoisotopic (exact) mass is 287 g/mol. The molecule has 0 amide bonds. The molecule has 1 aromatic carbocycles. The molecular formula is C16H21N3S. The molecule has 106 valence electrons. The van der Waals surface area contributed by atoms with Crippen LogP contribution in [0.4, 0.5) is 0 Å². The van der Waals surface area contributed by atoms with Gasteiger partial charge in [0.25, 0.3) is 0 Å². The molecule has 0 aromatic heterocycles. The molecule has 3 nitrogen and oxygen atoms in total. The van der Waals surface area contributed by atoms with Crippen LogP contribution in [0.2, 0.25) is 0 Å². The number of hydrogen-bond donors (Lipinski definition) is 0. The first kappa shape index (κ1) is 16.6. The summed E-state index contributed by atoms with van der Waals surface area (Å²) in [6.45, 7) is 3.46. The van der Waals surface area contributed by atoms with Gasteiger partial charge in [-0.25, -0.2) is 0 Å². The van der Waals surface area contributed by atoms with E-state index in [0.29, 0.717) is 19.6 Å². The summed E-state index contributed by atoms with van der Waals surface area (Å²) in [6.07, 6.45) is 3.82. The van der Waals surface area contributed by atoms with Crippen molar-refractivity contribution in [3.8, 4) is 12.1 Å². The van der Waals surface area contributed by atoms with Crippen LogP contribution in [0.15, 0.2) is 29.2 Å². The van der Waals surface area contributed by atoms with Gasteiger partial charge in [0.05, 0.1) is 25.2 Å². The number of benzene rings is 1. The summed E-state index contributed by atoms with van der Waals surface area (Å²) in [6, 6.07) is 12.6. The minimum absolute atomic E-state index is 0.293. The first-order chi connectivity index (χ1) is 9.80. The normalized spacial score (nSPS) is 10.2. The number of nitriles is 2. The molecule has 0 fully saturated rings. The van der Waals surface area contributed by atoms with Gasteiger partial charge in [-0.1, -0.05) is 31.9 Å². The van der Waals surface area contributed by atoms with Gasteiger partial charge in [0.2, 0.25) is 0 Å². The van der Waals surface area contributed by atoms with Gasteiger partial charge in [0, 0.05) is 11.4 Å². The highest BCUT2D eigenvalue weighted by Crippen LogP contribution is 2.20. The molecule has 1 rings (SSSR count). The molecule has 0 radical (unpaired) electrons. The Morgan fingerprint density at radius 1 is 1.05 bits per heavy atom. The van der Waals surface area contributed by atoms with Gasteiger partial charge < -0.3 is 0 Å². The molecule has 0 unspecified atom stereocenters. The molecule has 0 atom stereocenters. The molecule has 4 heteroatoms. The third-order valence-corrected chi connectivity index (χ3v) is 4.03. The van der Waals surface area contributed by atoms with Gasteiger partial charge >= 0.3 is 0 Å². The second kappa shape index (κ2) is 10.3. The lowest BCUT2D eigenvalue weighted by molar-refractivity contribution is 0.335. The molecule has 0 heterocycles. The topological polar surface area (TPSA) is 50.8 Å². The molecule has 20 heavy (non-hydrogen) atoms. The highest BCUT2D eigenvalue weighted by atomic mass is 32.2. The summed E-state index contributed by atoms with van der Waals surface area (Å²) in [5.41, 5.74) is 1.15. The minimum Gasteiger partial charge on any atom is -0.273 e. The van der Waals surface area contributed by atoms with Crippen molar-refractivity contribution in [1.29, 1.82) is 10.5 Å². The van der Waals surface area contributed by atoms with E-state index in [9.17, 15) is 0 Å². The molecular weight excluding hydrogens is 266 g/mol. The van der Waals surface area contributed by atoms with E-state index >= 15 is 0 Å². The third-order valence-electron chi connectivity index (χ3n) is 2.93. The van der Waals surface area contributed by atoms with E-state index in [1.54, 1.807) is 0 Å². The number of nitrogens with zero attached hydrogens (tertiary/aromatic N) is 3. The van der Waals surface area contributed by atoms with Gasteiger partial charge in [0.15, 0.2) is 0 Å². The van der Waals surface area contributed by atoms with Gasteiger partial charge in [-0.05, 0) is 29.9 Å². The summed E-state index contributed by atoms with van der Waals surface area (Å²) < 4.78 is 0. The lowest BCUT2D eigenvalue weighted by Gasteiger charge is -2.15. The Morgan fingerprint density at radius 3 is 2.25 bits per heavy atom. The van der Waals surface area contributed by atoms with Gasteiger partial charge in [-0.2, -0.15) is 10.5 Å². The van der Waals surface area contributed by atoms with Crippen molar-refractivity contribution in [2.24, 2.45) is 0 Å². The summed E-state index contributed by atoms with van der Waals surface area (Å²) >= 11 is 1.89. The predicted octanol–water partition coefficient (Wildman–Crippen LogP) is 3.82. The van der Waals surface area contributed by atoms with E-state index in [1.807, 2.05) is 16.7 Å². The third kappa shape index (κ3) is 6.61. The fourth-order valence-corrected chi connectivity index (χ4v) is 2.77. The number of unbranched alkanes of at least 4 members (excludes halogenated alkanes) is 2. The van der Waals surface area contributed by atoms with Crippen LogP contribution in [0.5, 0.6) is 0 Å². The van der Waals surface area contributed by atoms with Crippen molar-refractivity contribution in [3.05, 3.63) is 29.8 Å². The molecule has 0 aliphatic rings. The van der Waals surface area contributed by atoms with Crippen molar-refractivity contribution in [2.75, 3.05) is 18.8 Å². The average Bonchev–Trinajstić information content (AvgIpc) is 2.46. The molecule has 0 saturated heterocycles. The summed E-state index contributed by atoms with van der Waals surface area (Å²) in [7, 11) is 0. The van der Waals surface area contributed by atoms with Crippen LogP contribution in [-0.4, -0.2) is 23.7 Å². The van der Waals surface area contributed by atoms with Crippen molar-refractivity contribution in [2.45, 2.75) is 37.6 Å². The molecule has 0 aliphatic carbocycles. The van der Waals surface area contributed by atoms with Gasteiger partial charge in [-0.15, -0.1) is 11.8 Å². The Kier molecular flexibility index (Phi) is 8.54. The fraction of sp³-hybridized carbons (Fsp3) is 0.500. The highest BCUT2D eigenvalue weighted by Gasteiger charge is 2.04. The Bertz CT molecular complexity index is 440. The number of hydrogen-bond acceptors (Lipinski definition) is 4. The predicted molar refractivity (Wildman–Crippen MR) is 83.2 cm³/mol. The SMILES string of the molecule is CCCCCSc1ccc(CN(CC#N)CC#N)cc1. The van der Waals surface area contributed by atoms with Crippen LogP contribution < -0.4 is 0 Å². The van der Waals surface area contributed by atoms with E-state index in [1.165, 1.54) is 29.9 Å². The average molecular weight is 287 g/mol. The van der Waals surface area contributed by atoms with Crippen molar-refractivity contribution < 1.29 is 0 Å². The smallest absolute Gasteiger partial charge is 0.0877 e. The maximum atomic E-state index is 8.72. The van der Waals surface area contributed by atoms with Crippen molar-refractivity contribution in [1.82, 2.24) is 4.90 Å². The van der Waals surface area contributed by atoms with Crippen molar-refractivity contribution in [3.63, 3.8) is 0 Å². The first-order valence-electron chi connectivity index (χ1n) is 6.98. The maximum absolute atomic E-state index is 8.72.